The number of benzene rings is 2. The van der Waals surface area contributed by atoms with Crippen LogP contribution in [0.1, 0.15) is 63.9 Å². The van der Waals surface area contributed by atoms with Gasteiger partial charge >= 0.3 is 5.97 Å². The Kier molecular flexibility index (Phi) is 8.90. The molecule has 2 aromatic rings. The summed E-state index contributed by atoms with van der Waals surface area (Å²) in [6.45, 7) is 2.64. The van der Waals surface area contributed by atoms with Gasteiger partial charge in [-0.1, -0.05) is 55.3 Å². The number of nitrogens with zero attached hydrogens (tertiary/aromatic N) is 1. The van der Waals surface area contributed by atoms with E-state index in [1.807, 2.05) is 30.3 Å². The SMILES string of the molecule is CC/C(=C\c1ccc(O)c2ccccc12)CC[C@H]1OC[C@H]2C1=C(CO)C[C@H]1C(=O)N(CCCCCC(=O)O)C(=O)[C@H]12. The molecule has 0 saturated carbocycles. The zero-order valence-electron chi connectivity index (χ0n) is 23.6. The first-order valence-corrected chi connectivity index (χ1v) is 14.8. The smallest absolute Gasteiger partial charge is 0.303 e. The standard InChI is InChI=1S/C33H39NO7/c1-2-20(16-21-12-13-27(36)24-9-6-5-8-23(21)24)11-14-28-30-22(18-35)17-25-31(26(30)19-41-28)33(40)34(32(25)39)15-7-3-4-10-29(37)38/h5-6,8-9,12-13,16,25-26,28,31,35-36H,2-4,7,10-11,14-15,17-19H2,1H3,(H,37,38)/b20-16+/t25-,26+,28-,31-/m1/s1. The number of carboxylic acids is 1. The molecule has 2 aromatic carbocycles. The Morgan fingerprint density at radius 2 is 1.80 bits per heavy atom. The largest absolute Gasteiger partial charge is 0.507 e. The van der Waals surface area contributed by atoms with Gasteiger partial charge < -0.3 is 20.1 Å². The topological polar surface area (TPSA) is 124 Å². The fourth-order valence-corrected chi connectivity index (χ4v) is 6.95. The van der Waals surface area contributed by atoms with Crippen LogP contribution < -0.4 is 0 Å². The molecule has 1 aliphatic carbocycles. The van der Waals surface area contributed by atoms with Crippen LogP contribution in [0, 0.1) is 17.8 Å². The number of hydrogen-bond acceptors (Lipinski definition) is 6. The Morgan fingerprint density at radius 1 is 1.02 bits per heavy atom. The van der Waals surface area contributed by atoms with Gasteiger partial charge in [-0.15, -0.1) is 0 Å². The summed E-state index contributed by atoms with van der Waals surface area (Å²) in [5.41, 5.74) is 4.13. The summed E-state index contributed by atoms with van der Waals surface area (Å²) in [5, 5.41) is 31.2. The number of carboxylic acid groups (broad SMARTS) is 1. The van der Waals surface area contributed by atoms with Crippen LogP contribution in [0.4, 0.5) is 0 Å². The molecular formula is C33H39NO7. The third-order valence-corrected chi connectivity index (χ3v) is 9.04. The van der Waals surface area contributed by atoms with Gasteiger partial charge in [0.1, 0.15) is 5.75 Å². The van der Waals surface area contributed by atoms with E-state index in [0.29, 0.717) is 38.8 Å². The Bertz CT molecular complexity index is 1390. The third-order valence-electron chi connectivity index (χ3n) is 9.04. The number of unbranched alkanes of at least 4 members (excludes halogenated alkanes) is 2. The number of aromatic hydroxyl groups is 1. The molecule has 3 N–H and O–H groups in total. The van der Waals surface area contributed by atoms with Crippen LogP contribution in [-0.2, 0) is 19.1 Å². The summed E-state index contributed by atoms with van der Waals surface area (Å²) in [4.78, 5) is 38.8. The molecule has 0 bridgehead atoms. The van der Waals surface area contributed by atoms with Crippen LogP contribution in [0.5, 0.6) is 5.75 Å². The predicted molar refractivity (Wildman–Crippen MR) is 155 cm³/mol. The monoisotopic (exact) mass is 561 g/mol. The molecule has 2 aliphatic heterocycles. The first-order chi connectivity index (χ1) is 19.8. The van der Waals surface area contributed by atoms with Crippen molar-refractivity contribution in [1.82, 2.24) is 4.90 Å². The molecule has 0 radical (unpaired) electrons. The molecule has 8 nitrogen and oxygen atoms in total. The number of imide groups is 1. The number of likely N-dealkylation sites (tertiary alicyclic amines) is 1. The van der Waals surface area contributed by atoms with Crippen LogP contribution in [0.15, 0.2) is 53.1 Å². The molecule has 0 unspecified atom stereocenters. The third kappa shape index (κ3) is 5.81. The minimum absolute atomic E-state index is 0.0849. The maximum atomic E-state index is 13.5. The second-order valence-electron chi connectivity index (χ2n) is 11.4. The Labute approximate surface area is 240 Å². The number of rotatable bonds is 12. The number of carbonyl (C=O) groups excluding carboxylic acids is 2. The molecule has 2 heterocycles. The molecule has 41 heavy (non-hydrogen) atoms. The maximum absolute atomic E-state index is 13.5. The molecule has 0 aromatic heterocycles. The average Bonchev–Trinajstić information content (AvgIpc) is 3.50. The van der Waals surface area contributed by atoms with Crippen molar-refractivity contribution >= 4 is 34.6 Å². The normalized spacial score (nSPS) is 24.3. The van der Waals surface area contributed by atoms with Gasteiger partial charge in [0.15, 0.2) is 0 Å². The highest BCUT2D eigenvalue weighted by Gasteiger charge is 2.56. The number of aliphatic hydroxyl groups excluding tert-OH is 1. The van der Waals surface area contributed by atoms with Gasteiger partial charge in [-0.05, 0) is 66.7 Å². The number of hydrogen-bond donors (Lipinski definition) is 3. The van der Waals surface area contributed by atoms with Crippen molar-refractivity contribution in [2.75, 3.05) is 19.8 Å². The van der Waals surface area contributed by atoms with Crippen molar-refractivity contribution in [3.63, 3.8) is 0 Å². The second-order valence-corrected chi connectivity index (χ2v) is 11.4. The number of phenols is 1. The first-order valence-electron chi connectivity index (χ1n) is 14.8. The maximum Gasteiger partial charge on any atom is 0.303 e. The quantitative estimate of drug-likeness (QED) is 0.188. The number of phenolic OH excluding ortho intramolecular Hbond substituents is 1. The van der Waals surface area contributed by atoms with E-state index in [2.05, 4.69) is 13.0 Å². The number of aliphatic carboxylic acids is 1. The zero-order chi connectivity index (χ0) is 29.1. The van der Waals surface area contributed by atoms with Crippen molar-refractivity contribution in [2.45, 2.75) is 64.4 Å². The highest BCUT2D eigenvalue weighted by atomic mass is 16.5. The molecule has 218 valence electrons. The Balaban J connectivity index is 1.28. The predicted octanol–water partition coefficient (Wildman–Crippen LogP) is 5.07. The van der Waals surface area contributed by atoms with Crippen molar-refractivity contribution < 1.29 is 34.4 Å². The average molecular weight is 562 g/mol. The molecule has 5 rings (SSSR count). The minimum Gasteiger partial charge on any atom is -0.507 e. The first kappa shape index (κ1) is 29.0. The molecule has 2 saturated heterocycles. The fraction of sp³-hybridized carbons (Fsp3) is 0.485. The summed E-state index contributed by atoms with van der Waals surface area (Å²) in [6.07, 6.45) is 6.55. The molecular weight excluding hydrogens is 522 g/mol. The van der Waals surface area contributed by atoms with E-state index in [0.717, 1.165) is 46.7 Å². The molecule has 2 fully saturated rings. The minimum atomic E-state index is -0.842. The number of ether oxygens (including phenoxy) is 1. The van der Waals surface area contributed by atoms with Gasteiger partial charge in [0.05, 0.1) is 31.2 Å². The van der Waals surface area contributed by atoms with E-state index in [1.54, 1.807) is 6.07 Å². The van der Waals surface area contributed by atoms with E-state index < -0.39 is 17.8 Å². The molecule has 4 atom stereocenters. The Hall–Kier alpha value is -3.49. The lowest BCUT2D eigenvalue weighted by atomic mass is 9.69. The van der Waals surface area contributed by atoms with Gasteiger partial charge in [-0.2, -0.15) is 0 Å². The number of amides is 2. The number of carbonyl (C=O) groups is 3. The molecule has 2 amide bonds. The molecule has 0 spiro atoms. The van der Waals surface area contributed by atoms with Crippen molar-refractivity contribution in [3.05, 3.63) is 58.7 Å². The van der Waals surface area contributed by atoms with Gasteiger partial charge in [-0.3, -0.25) is 19.3 Å². The van der Waals surface area contributed by atoms with Crippen LogP contribution in [0.2, 0.25) is 0 Å². The van der Waals surface area contributed by atoms with Crippen LogP contribution in [0.3, 0.4) is 0 Å². The van der Waals surface area contributed by atoms with E-state index >= 15 is 0 Å². The summed E-state index contributed by atoms with van der Waals surface area (Å²) in [7, 11) is 0. The van der Waals surface area contributed by atoms with Crippen molar-refractivity contribution in [1.29, 1.82) is 0 Å². The van der Waals surface area contributed by atoms with Gasteiger partial charge in [0.2, 0.25) is 11.8 Å². The second kappa shape index (κ2) is 12.6. The highest BCUT2D eigenvalue weighted by Crippen LogP contribution is 2.49. The van der Waals surface area contributed by atoms with E-state index in [9.17, 15) is 24.6 Å². The summed E-state index contributed by atoms with van der Waals surface area (Å²) in [6, 6.07) is 11.5. The van der Waals surface area contributed by atoms with Gasteiger partial charge in [0, 0.05) is 24.3 Å². The Morgan fingerprint density at radius 3 is 2.54 bits per heavy atom. The van der Waals surface area contributed by atoms with Gasteiger partial charge in [-0.25, -0.2) is 0 Å². The number of fused-ring (bicyclic) bond motifs is 4. The van der Waals surface area contributed by atoms with Crippen LogP contribution in [-0.4, -0.2) is 63.9 Å². The van der Waals surface area contributed by atoms with E-state index in [4.69, 9.17) is 9.84 Å². The van der Waals surface area contributed by atoms with Crippen molar-refractivity contribution in [3.8, 4) is 5.75 Å². The van der Waals surface area contributed by atoms with Crippen molar-refractivity contribution in [2.24, 2.45) is 17.8 Å². The zero-order valence-corrected chi connectivity index (χ0v) is 23.6. The lowest BCUT2D eigenvalue weighted by Gasteiger charge is -2.31. The van der Waals surface area contributed by atoms with Crippen LogP contribution >= 0.6 is 0 Å². The summed E-state index contributed by atoms with van der Waals surface area (Å²) in [5.74, 6) is -2.04. The fourth-order valence-electron chi connectivity index (χ4n) is 6.95. The lowest BCUT2D eigenvalue weighted by Crippen LogP contribution is -2.35. The van der Waals surface area contributed by atoms with E-state index in [-0.39, 0.29) is 42.6 Å². The molecule has 8 heteroatoms. The highest BCUT2D eigenvalue weighted by molar-refractivity contribution is 6.06. The molecule has 3 aliphatic rings. The number of aliphatic hydroxyl groups is 1. The van der Waals surface area contributed by atoms with Gasteiger partial charge in [0.25, 0.3) is 0 Å². The lowest BCUT2D eigenvalue weighted by molar-refractivity contribution is -0.141. The summed E-state index contributed by atoms with van der Waals surface area (Å²) >= 11 is 0. The van der Waals surface area contributed by atoms with Crippen LogP contribution in [0.25, 0.3) is 16.8 Å². The number of allylic oxidation sites excluding steroid dienone is 1. The van der Waals surface area contributed by atoms with E-state index in [1.165, 1.54) is 10.5 Å². The summed E-state index contributed by atoms with van der Waals surface area (Å²) < 4.78 is 6.26.